The predicted molar refractivity (Wildman–Crippen MR) is 134 cm³/mol. The van der Waals surface area contributed by atoms with Crippen LogP contribution in [0.1, 0.15) is 5.56 Å². The average molecular weight is 528 g/mol. The van der Waals surface area contributed by atoms with Gasteiger partial charge >= 0.3 is 0 Å². The molecule has 2 aromatic carbocycles. The smallest absolute Gasteiger partial charge is 0.270 e. The SMILES string of the molecule is O=C(CSc1nnc(-c2ccncc2)n1-c1ccc(Cl)cc1)N/N=C\c1cc([N+](=O)[O-])ccc1Cl. The van der Waals surface area contributed by atoms with Crippen LogP contribution < -0.4 is 5.43 Å². The van der Waals surface area contributed by atoms with Gasteiger partial charge in [-0.2, -0.15) is 5.10 Å². The molecule has 0 atom stereocenters. The highest BCUT2D eigenvalue weighted by atomic mass is 35.5. The number of nitro benzene ring substituents is 1. The van der Waals surface area contributed by atoms with E-state index in [1.807, 2.05) is 28.8 Å². The zero-order valence-corrected chi connectivity index (χ0v) is 20.0. The molecule has 0 fully saturated rings. The Bertz CT molecular complexity index is 1400. The van der Waals surface area contributed by atoms with Crippen molar-refractivity contribution < 1.29 is 9.72 Å². The Balaban J connectivity index is 1.49. The molecule has 0 spiro atoms. The highest BCUT2D eigenvalue weighted by molar-refractivity contribution is 7.99. The average Bonchev–Trinajstić information content (AvgIpc) is 3.29. The largest absolute Gasteiger partial charge is 0.272 e. The summed E-state index contributed by atoms with van der Waals surface area (Å²) in [5.74, 6) is 0.155. The minimum atomic E-state index is -0.542. The number of non-ortho nitro benzene ring substituents is 1. The molecule has 2 heterocycles. The molecule has 4 rings (SSSR count). The van der Waals surface area contributed by atoms with Crippen molar-refractivity contribution in [3.63, 3.8) is 0 Å². The third kappa shape index (κ3) is 6.01. The quantitative estimate of drug-likeness (QED) is 0.151. The Morgan fingerprint density at radius 2 is 1.86 bits per heavy atom. The van der Waals surface area contributed by atoms with Crippen molar-refractivity contribution in [3.8, 4) is 17.1 Å². The van der Waals surface area contributed by atoms with Gasteiger partial charge in [0.25, 0.3) is 11.6 Å². The van der Waals surface area contributed by atoms with Gasteiger partial charge in [-0.05, 0) is 42.5 Å². The molecule has 2 aromatic heterocycles. The fraction of sp³-hybridized carbons (Fsp3) is 0.0455. The molecular formula is C22H15Cl2N7O3S. The maximum Gasteiger partial charge on any atom is 0.270 e. The van der Waals surface area contributed by atoms with Crippen molar-refractivity contribution in [3.05, 3.63) is 92.7 Å². The van der Waals surface area contributed by atoms with Gasteiger partial charge in [-0.1, -0.05) is 35.0 Å². The van der Waals surface area contributed by atoms with Gasteiger partial charge in [-0.3, -0.25) is 24.5 Å². The zero-order valence-electron chi connectivity index (χ0n) is 17.7. The summed E-state index contributed by atoms with van der Waals surface area (Å²) in [7, 11) is 0. The van der Waals surface area contributed by atoms with Gasteiger partial charge in [-0.25, -0.2) is 5.43 Å². The monoisotopic (exact) mass is 527 g/mol. The van der Waals surface area contributed by atoms with Crippen molar-refractivity contribution in [2.45, 2.75) is 5.16 Å². The van der Waals surface area contributed by atoms with Crippen molar-refractivity contribution >= 4 is 52.8 Å². The van der Waals surface area contributed by atoms with E-state index >= 15 is 0 Å². The number of carbonyl (C=O) groups is 1. The molecule has 1 amide bonds. The zero-order chi connectivity index (χ0) is 24.8. The second-order valence-corrected chi connectivity index (χ2v) is 8.68. The normalized spacial score (nSPS) is 11.0. The molecule has 0 aliphatic heterocycles. The first kappa shape index (κ1) is 24.3. The third-order valence-corrected chi connectivity index (χ3v) is 6.10. The number of aromatic nitrogens is 4. The molecule has 1 N–H and O–H groups in total. The van der Waals surface area contributed by atoms with E-state index in [4.69, 9.17) is 23.2 Å². The van der Waals surface area contributed by atoms with Crippen molar-refractivity contribution in [2.24, 2.45) is 5.10 Å². The van der Waals surface area contributed by atoms with E-state index in [0.717, 1.165) is 23.0 Å². The molecule has 10 nitrogen and oxygen atoms in total. The lowest BCUT2D eigenvalue weighted by Gasteiger charge is -2.10. The second-order valence-electron chi connectivity index (χ2n) is 6.90. The summed E-state index contributed by atoms with van der Waals surface area (Å²) >= 11 is 13.2. The maximum atomic E-state index is 12.4. The Kier molecular flexibility index (Phi) is 7.70. The number of pyridine rings is 1. The molecule has 35 heavy (non-hydrogen) atoms. The van der Waals surface area contributed by atoms with Gasteiger partial charge in [0, 0.05) is 51.4 Å². The van der Waals surface area contributed by atoms with Gasteiger partial charge in [0.1, 0.15) is 0 Å². The molecule has 0 unspecified atom stereocenters. The Morgan fingerprint density at radius 1 is 1.11 bits per heavy atom. The van der Waals surface area contributed by atoms with Gasteiger partial charge in [0.2, 0.25) is 0 Å². The molecule has 0 aliphatic rings. The number of halogens is 2. The molecule has 0 saturated carbocycles. The summed E-state index contributed by atoms with van der Waals surface area (Å²) in [5.41, 5.74) is 4.12. The van der Waals surface area contributed by atoms with Crippen molar-refractivity contribution in [1.82, 2.24) is 25.2 Å². The van der Waals surface area contributed by atoms with Crippen LogP contribution in [0.3, 0.4) is 0 Å². The number of amides is 1. The number of nitro groups is 1. The number of nitrogens with zero attached hydrogens (tertiary/aromatic N) is 6. The highest BCUT2D eigenvalue weighted by Crippen LogP contribution is 2.28. The van der Waals surface area contributed by atoms with E-state index in [2.05, 4.69) is 25.7 Å². The minimum Gasteiger partial charge on any atom is -0.272 e. The van der Waals surface area contributed by atoms with Crippen LogP contribution in [-0.2, 0) is 4.79 Å². The highest BCUT2D eigenvalue weighted by Gasteiger charge is 2.17. The topological polar surface area (TPSA) is 128 Å². The third-order valence-electron chi connectivity index (χ3n) is 4.57. The first-order valence-electron chi connectivity index (χ1n) is 9.93. The summed E-state index contributed by atoms with van der Waals surface area (Å²) in [6, 6.07) is 14.7. The van der Waals surface area contributed by atoms with E-state index in [1.54, 1.807) is 24.5 Å². The lowest BCUT2D eigenvalue weighted by molar-refractivity contribution is -0.384. The molecule has 0 radical (unpaired) electrons. The number of thioether (sulfide) groups is 1. The Morgan fingerprint density at radius 3 is 2.57 bits per heavy atom. The fourth-order valence-corrected chi connectivity index (χ4v) is 3.99. The second kappa shape index (κ2) is 11.1. The number of hydrogen-bond donors (Lipinski definition) is 1. The van der Waals surface area contributed by atoms with Crippen LogP contribution in [0.2, 0.25) is 10.0 Å². The van der Waals surface area contributed by atoms with Crippen LogP contribution in [0.5, 0.6) is 0 Å². The van der Waals surface area contributed by atoms with Gasteiger partial charge in [0.15, 0.2) is 11.0 Å². The van der Waals surface area contributed by atoms with Crippen LogP contribution in [-0.4, -0.2) is 42.5 Å². The summed E-state index contributed by atoms with van der Waals surface area (Å²) in [4.78, 5) is 26.8. The van der Waals surface area contributed by atoms with E-state index in [1.165, 1.54) is 24.4 Å². The van der Waals surface area contributed by atoms with Crippen molar-refractivity contribution in [1.29, 1.82) is 0 Å². The van der Waals surface area contributed by atoms with E-state index in [-0.39, 0.29) is 16.5 Å². The van der Waals surface area contributed by atoms with Crippen LogP contribution in [0.15, 0.2) is 77.2 Å². The summed E-state index contributed by atoms with van der Waals surface area (Å²) < 4.78 is 1.82. The minimum absolute atomic E-state index is 0.0118. The summed E-state index contributed by atoms with van der Waals surface area (Å²) in [6.45, 7) is 0. The molecule has 0 saturated heterocycles. The summed E-state index contributed by atoms with van der Waals surface area (Å²) in [6.07, 6.45) is 4.56. The van der Waals surface area contributed by atoms with Gasteiger partial charge in [-0.15, -0.1) is 10.2 Å². The fourth-order valence-electron chi connectivity index (χ4n) is 2.95. The number of benzene rings is 2. The summed E-state index contributed by atoms with van der Waals surface area (Å²) in [5, 5.41) is 24.7. The lowest BCUT2D eigenvalue weighted by atomic mass is 10.2. The van der Waals surface area contributed by atoms with E-state index < -0.39 is 10.8 Å². The molecule has 0 aliphatic carbocycles. The number of hydrogen-bond acceptors (Lipinski definition) is 8. The van der Waals surface area contributed by atoms with Crippen molar-refractivity contribution in [2.75, 3.05) is 5.75 Å². The predicted octanol–water partition coefficient (Wildman–Crippen LogP) is 4.79. The number of nitrogens with one attached hydrogen (secondary N) is 1. The Hall–Kier alpha value is -3.80. The number of hydrazone groups is 1. The number of carbonyl (C=O) groups excluding carboxylic acids is 1. The number of rotatable bonds is 8. The molecule has 0 bridgehead atoms. The van der Waals surface area contributed by atoms with Crippen LogP contribution in [0.4, 0.5) is 5.69 Å². The molecule has 4 aromatic rings. The van der Waals surface area contributed by atoms with E-state index in [0.29, 0.717) is 21.6 Å². The standard InChI is InChI=1S/C22H15Cl2N7O3S/c23-16-1-3-17(4-2-16)30-21(14-7-9-25-10-8-14)28-29-22(30)35-13-20(32)27-26-12-15-11-18(31(33)34)5-6-19(15)24/h1-12H,13H2,(H,27,32)/b26-12-. The van der Waals surface area contributed by atoms with Crippen LogP contribution >= 0.6 is 35.0 Å². The molecule has 13 heteroatoms. The van der Waals surface area contributed by atoms with E-state index in [9.17, 15) is 14.9 Å². The van der Waals surface area contributed by atoms with Crippen LogP contribution in [0.25, 0.3) is 17.1 Å². The van der Waals surface area contributed by atoms with Gasteiger partial charge in [0.05, 0.1) is 16.9 Å². The lowest BCUT2D eigenvalue weighted by Crippen LogP contribution is -2.20. The molecule has 176 valence electrons. The molecular weight excluding hydrogens is 513 g/mol. The Labute approximate surface area is 213 Å². The van der Waals surface area contributed by atoms with Crippen LogP contribution in [0, 0.1) is 10.1 Å². The maximum absolute atomic E-state index is 12.4. The first-order chi connectivity index (χ1) is 16.9. The first-order valence-corrected chi connectivity index (χ1v) is 11.7. The van der Waals surface area contributed by atoms with Gasteiger partial charge < -0.3 is 0 Å².